The summed E-state index contributed by atoms with van der Waals surface area (Å²) in [5, 5.41) is 11.0. The zero-order valence-corrected chi connectivity index (χ0v) is 13.6. The first kappa shape index (κ1) is 13.9. The monoisotopic (exact) mass is 324 g/mol. The number of hydrogen-bond acceptors (Lipinski definition) is 2. The summed E-state index contributed by atoms with van der Waals surface area (Å²) in [7, 11) is 0. The Morgan fingerprint density at radius 1 is 1.04 bits per heavy atom. The molecule has 4 nitrogen and oxygen atoms in total. The van der Waals surface area contributed by atoms with Gasteiger partial charge in [0.1, 0.15) is 17.5 Å². The van der Waals surface area contributed by atoms with Crippen LogP contribution in [0.3, 0.4) is 0 Å². The third kappa shape index (κ3) is 1.81. The van der Waals surface area contributed by atoms with Gasteiger partial charge in [0.15, 0.2) is 0 Å². The molecule has 120 valence electrons. The Bertz CT molecular complexity index is 1160. The number of nitrogens with two attached hydrogens (primary N) is 1. The molecular weight excluding hydrogens is 308 g/mol. The van der Waals surface area contributed by atoms with Gasteiger partial charge in [0.25, 0.3) is 0 Å². The zero-order valence-electron chi connectivity index (χ0n) is 13.6. The van der Waals surface area contributed by atoms with Crippen LogP contribution in [-0.4, -0.2) is 9.55 Å². The first-order valence-corrected chi connectivity index (χ1v) is 8.37. The Labute approximate surface area is 145 Å². The topological polar surface area (TPSA) is 70.5 Å². The average Bonchev–Trinajstić information content (AvgIpc) is 3.17. The number of nitrogens with one attached hydrogen (secondary N) is 1. The highest BCUT2D eigenvalue weighted by Crippen LogP contribution is 2.45. The van der Waals surface area contributed by atoms with Gasteiger partial charge in [0, 0.05) is 23.0 Å². The second-order valence-electron chi connectivity index (χ2n) is 6.39. The fourth-order valence-corrected chi connectivity index (χ4v) is 4.01. The van der Waals surface area contributed by atoms with Crippen molar-refractivity contribution >= 4 is 16.7 Å². The third-order valence-corrected chi connectivity index (χ3v) is 5.11. The second-order valence-corrected chi connectivity index (χ2v) is 6.39. The molecule has 0 fully saturated rings. The minimum absolute atomic E-state index is 0.556. The number of nitriles is 1. The summed E-state index contributed by atoms with van der Waals surface area (Å²) in [4.78, 5) is 3.56. The van der Waals surface area contributed by atoms with E-state index in [2.05, 4.69) is 33.8 Å². The lowest BCUT2D eigenvalue weighted by molar-refractivity contribution is 0.699. The Morgan fingerprint density at radius 3 is 2.60 bits per heavy atom. The van der Waals surface area contributed by atoms with Crippen molar-refractivity contribution in [1.82, 2.24) is 9.55 Å². The highest BCUT2D eigenvalue weighted by Gasteiger charge is 2.29. The van der Waals surface area contributed by atoms with E-state index in [4.69, 9.17) is 5.73 Å². The second kappa shape index (κ2) is 5.02. The molecule has 4 aromatic rings. The Morgan fingerprint density at radius 2 is 1.80 bits per heavy atom. The minimum atomic E-state index is 0.556. The number of aryl methyl sites for hydroxylation is 1. The summed E-state index contributed by atoms with van der Waals surface area (Å²) in [6.45, 7) is 0.789. The molecule has 3 heterocycles. The molecule has 2 aromatic carbocycles. The number of nitrogen functional groups attached to an aromatic ring is 1. The Kier molecular flexibility index (Phi) is 2.80. The van der Waals surface area contributed by atoms with Crippen molar-refractivity contribution < 1.29 is 0 Å². The van der Waals surface area contributed by atoms with Gasteiger partial charge in [-0.1, -0.05) is 48.5 Å². The van der Waals surface area contributed by atoms with E-state index in [9.17, 15) is 5.26 Å². The van der Waals surface area contributed by atoms with E-state index in [1.165, 1.54) is 10.9 Å². The van der Waals surface area contributed by atoms with Crippen LogP contribution in [-0.2, 0) is 13.0 Å². The normalized spacial score (nSPS) is 12.6. The first-order valence-electron chi connectivity index (χ1n) is 8.37. The van der Waals surface area contributed by atoms with E-state index >= 15 is 0 Å². The van der Waals surface area contributed by atoms with E-state index in [1.54, 1.807) is 0 Å². The molecule has 0 unspecified atom stereocenters. The van der Waals surface area contributed by atoms with Crippen LogP contribution in [0.1, 0.15) is 11.1 Å². The SMILES string of the molecule is N#Cc1c(-c2ccccc2)c2n(c1N)CCc1c-2[nH]c2ccccc12. The number of benzene rings is 2. The smallest absolute Gasteiger partial charge is 0.122 e. The van der Waals surface area contributed by atoms with Crippen LogP contribution in [0.4, 0.5) is 5.82 Å². The van der Waals surface area contributed by atoms with E-state index in [1.807, 2.05) is 36.4 Å². The van der Waals surface area contributed by atoms with Gasteiger partial charge in [-0.2, -0.15) is 5.26 Å². The van der Waals surface area contributed by atoms with E-state index < -0.39 is 0 Å². The molecule has 5 rings (SSSR count). The summed E-state index contributed by atoms with van der Waals surface area (Å²) in [6, 6.07) is 20.7. The highest BCUT2D eigenvalue weighted by atomic mass is 15.1. The predicted octanol–water partition coefficient (Wildman–Crippen LogP) is 4.31. The molecule has 0 aliphatic carbocycles. The van der Waals surface area contributed by atoms with Crippen molar-refractivity contribution in [2.75, 3.05) is 5.73 Å². The summed E-state index contributed by atoms with van der Waals surface area (Å²) < 4.78 is 2.08. The van der Waals surface area contributed by atoms with Gasteiger partial charge in [-0.25, -0.2) is 0 Å². The van der Waals surface area contributed by atoms with E-state index in [0.29, 0.717) is 11.4 Å². The number of anilines is 1. The summed E-state index contributed by atoms with van der Waals surface area (Å²) in [6.07, 6.45) is 0.907. The van der Waals surface area contributed by atoms with Crippen LogP contribution in [0, 0.1) is 11.3 Å². The third-order valence-electron chi connectivity index (χ3n) is 5.11. The van der Waals surface area contributed by atoms with Gasteiger partial charge in [0.2, 0.25) is 0 Å². The number of hydrogen-bond donors (Lipinski definition) is 2. The molecular formula is C21H16N4. The van der Waals surface area contributed by atoms with Crippen LogP contribution in [0.5, 0.6) is 0 Å². The highest BCUT2D eigenvalue weighted by molar-refractivity contribution is 5.97. The average molecular weight is 324 g/mol. The van der Waals surface area contributed by atoms with Crippen molar-refractivity contribution in [3.63, 3.8) is 0 Å². The molecule has 1 aliphatic heterocycles. The van der Waals surface area contributed by atoms with Crippen LogP contribution >= 0.6 is 0 Å². The molecule has 0 radical (unpaired) electrons. The van der Waals surface area contributed by atoms with Gasteiger partial charge >= 0.3 is 0 Å². The number of aromatic amines is 1. The van der Waals surface area contributed by atoms with Crippen molar-refractivity contribution in [2.45, 2.75) is 13.0 Å². The van der Waals surface area contributed by atoms with Gasteiger partial charge in [-0.05, 0) is 23.6 Å². The zero-order chi connectivity index (χ0) is 17.0. The van der Waals surface area contributed by atoms with Crippen molar-refractivity contribution in [1.29, 1.82) is 5.26 Å². The Balaban J connectivity index is 1.91. The molecule has 0 saturated carbocycles. The first-order chi connectivity index (χ1) is 12.3. The summed E-state index contributed by atoms with van der Waals surface area (Å²) in [5.41, 5.74) is 13.4. The van der Waals surface area contributed by atoms with Crippen LogP contribution in [0.25, 0.3) is 33.4 Å². The molecule has 25 heavy (non-hydrogen) atoms. The molecule has 1 aliphatic rings. The lowest BCUT2D eigenvalue weighted by Crippen LogP contribution is -2.12. The maximum absolute atomic E-state index is 9.74. The molecule has 2 aromatic heterocycles. The van der Waals surface area contributed by atoms with Gasteiger partial charge < -0.3 is 15.3 Å². The maximum atomic E-state index is 9.74. The standard InChI is InChI=1S/C21H16N4/c22-12-16-18(13-6-2-1-3-7-13)20-19-15(10-11-25(20)21(16)23)14-8-4-5-9-17(14)24-19/h1-9,24H,10-11,23H2. The van der Waals surface area contributed by atoms with Crippen LogP contribution in [0.2, 0.25) is 0 Å². The molecule has 0 bridgehead atoms. The van der Waals surface area contributed by atoms with Gasteiger partial charge in [0.05, 0.1) is 11.4 Å². The molecule has 0 saturated heterocycles. The largest absolute Gasteiger partial charge is 0.384 e. The molecule has 3 N–H and O–H groups in total. The molecule has 0 spiro atoms. The number of fused-ring (bicyclic) bond motifs is 5. The van der Waals surface area contributed by atoms with Crippen LogP contribution in [0.15, 0.2) is 54.6 Å². The number of aromatic nitrogens is 2. The fraction of sp³-hybridized carbons (Fsp3) is 0.0952. The minimum Gasteiger partial charge on any atom is -0.384 e. The molecule has 0 atom stereocenters. The van der Waals surface area contributed by atoms with Gasteiger partial charge in [-0.3, -0.25) is 0 Å². The van der Waals surface area contributed by atoms with E-state index in [0.717, 1.165) is 41.0 Å². The number of H-pyrrole nitrogens is 1. The fourth-order valence-electron chi connectivity index (χ4n) is 4.01. The molecule has 0 amide bonds. The number of rotatable bonds is 1. The maximum Gasteiger partial charge on any atom is 0.122 e. The van der Waals surface area contributed by atoms with Crippen molar-refractivity contribution in [3.05, 3.63) is 65.7 Å². The summed E-state index contributed by atoms with van der Waals surface area (Å²) >= 11 is 0. The predicted molar refractivity (Wildman–Crippen MR) is 100.0 cm³/mol. The van der Waals surface area contributed by atoms with Crippen molar-refractivity contribution in [3.8, 4) is 28.6 Å². The molecule has 4 heteroatoms. The Hall–Kier alpha value is -3.45. The lowest BCUT2D eigenvalue weighted by Gasteiger charge is -2.18. The van der Waals surface area contributed by atoms with Crippen molar-refractivity contribution in [2.24, 2.45) is 0 Å². The van der Waals surface area contributed by atoms with Gasteiger partial charge in [-0.15, -0.1) is 0 Å². The quantitative estimate of drug-likeness (QED) is 0.547. The van der Waals surface area contributed by atoms with Crippen LogP contribution < -0.4 is 5.73 Å². The number of nitrogens with zero attached hydrogens (tertiary/aromatic N) is 2. The lowest BCUT2D eigenvalue weighted by atomic mass is 9.96. The number of para-hydroxylation sites is 1. The van der Waals surface area contributed by atoms with E-state index in [-0.39, 0.29) is 0 Å². The summed E-state index contributed by atoms with van der Waals surface area (Å²) in [5.74, 6) is 0.556.